The molecule has 0 fully saturated rings. The monoisotopic (exact) mass is 209 g/mol. The van der Waals surface area contributed by atoms with Crippen LogP contribution >= 0.6 is 0 Å². The second-order valence-corrected chi connectivity index (χ2v) is 4.28. The van der Waals surface area contributed by atoms with Gasteiger partial charge >= 0.3 is 0 Å². The average molecular weight is 209 g/mol. The third-order valence-electron chi connectivity index (χ3n) is 2.20. The van der Waals surface area contributed by atoms with Crippen LogP contribution in [0.3, 0.4) is 0 Å². The Morgan fingerprint density at radius 1 is 1.47 bits per heavy atom. The van der Waals surface area contributed by atoms with Crippen LogP contribution in [0.5, 0.6) is 0 Å². The molecule has 0 bridgehead atoms. The number of carbonyl (C=O) groups is 2. The molecule has 0 aromatic carbocycles. The van der Waals surface area contributed by atoms with Crippen molar-refractivity contribution in [3.05, 3.63) is 0 Å². The van der Waals surface area contributed by atoms with Crippen molar-refractivity contribution in [2.75, 3.05) is 0 Å². The lowest BCUT2D eigenvalue weighted by Crippen LogP contribution is -2.12. The molecule has 0 amide bonds. The molecule has 0 aromatic heterocycles. The largest absolute Gasteiger partial charge is 0.303 e. The summed E-state index contributed by atoms with van der Waals surface area (Å²) in [6, 6.07) is 2.00. The van der Waals surface area contributed by atoms with E-state index < -0.39 is 0 Å². The molecule has 0 heterocycles. The average Bonchev–Trinajstić information content (AvgIpc) is 2.16. The van der Waals surface area contributed by atoms with Crippen molar-refractivity contribution in [1.82, 2.24) is 0 Å². The van der Waals surface area contributed by atoms with E-state index in [0.29, 0.717) is 31.6 Å². The van der Waals surface area contributed by atoms with Gasteiger partial charge in [0.25, 0.3) is 0 Å². The maximum Gasteiger partial charge on any atom is 0.133 e. The summed E-state index contributed by atoms with van der Waals surface area (Å²) < 4.78 is 0. The molecule has 0 saturated heterocycles. The Kier molecular flexibility index (Phi) is 7.53. The van der Waals surface area contributed by atoms with Gasteiger partial charge in [0.1, 0.15) is 12.1 Å². The molecule has 0 aromatic rings. The predicted octanol–water partition coefficient (Wildman–Crippen LogP) is 2.50. The van der Waals surface area contributed by atoms with Gasteiger partial charge in [-0.25, -0.2) is 0 Å². The first-order chi connectivity index (χ1) is 7.10. The fraction of sp³-hybridized carbons (Fsp3) is 0.750. The van der Waals surface area contributed by atoms with Crippen molar-refractivity contribution >= 4 is 12.1 Å². The van der Waals surface area contributed by atoms with Crippen molar-refractivity contribution in [1.29, 1.82) is 5.26 Å². The van der Waals surface area contributed by atoms with E-state index in [0.717, 1.165) is 12.7 Å². The summed E-state index contributed by atoms with van der Waals surface area (Å²) in [7, 11) is 0. The number of ketones is 1. The Hall–Kier alpha value is -1.17. The van der Waals surface area contributed by atoms with Gasteiger partial charge in [0.15, 0.2) is 0 Å². The van der Waals surface area contributed by atoms with Crippen molar-refractivity contribution < 1.29 is 9.59 Å². The van der Waals surface area contributed by atoms with Gasteiger partial charge in [0.2, 0.25) is 0 Å². The molecule has 1 atom stereocenters. The van der Waals surface area contributed by atoms with Gasteiger partial charge in [-0.1, -0.05) is 13.8 Å². The van der Waals surface area contributed by atoms with Crippen LogP contribution in [0.15, 0.2) is 0 Å². The number of nitriles is 1. The van der Waals surface area contributed by atoms with Gasteiger partial charge in [-0.2, -0.15) is 5.26 Å². The van der Waals surface area contributed by atoms with E-state index in [9.17, 15) is 9.59 Å². The number of hydrogen-bond acceptors (Lipinski definition) is 3. The highest BCUT2D eigenvalue weighted by atomic mass is 16.1. The molecular formula is C12H19NO2. The van der Waals surface area contributed by atoms with Gasteiger partial charge in [0, 0.05) is 25.2 Å². The Labute approximate surface area is 91.5 Å². The van der Waals surface area contributed by atoms with Crippen molar-refractivity contribution in [2.45, 2.75) is 46.0 Å². The number of Topliss-reactive ketones (excluding diaryl/α,β-unsaturated/α-hetero) is 1. The minimum atomic E-state index is -0.139. The second kappa shape index (κ2) is 8.16. The van der Waals surface area contributed by atoms with Gasteiger partial charge in [0.05, 0.1) is 6.07 Å². The molecule has 0 aliphatic heterocycles. The zero-order chi connectivity index (χ0) is 11.7. The summed E-state index contributed by atoms with van der Waals surface area (Å²) >= 11 is 0. The Bertz CT molecular complexity index is 240. The van der Waals surface area contributed by atoms with E-state index >= 15 is 0 Å². The summed E-state index contributed by atoms with van der Waals surface area (Å²) in [5, 5.41) is 8.31. The number of carbonyl (C=O) groups excluding carboxylic acids is 2. The Morgan fingerprint density at radius 2 is 2.13 bits per heavy atom. The molecule has 15 heavy (non-hydrogen) atoms. The molecule has 0 rings (SSSR count). The van der Waals surface area contributed by atoms with E-state index in [2.05, 4.69) is 0 Å². The van der Waals surface area contributed by atoms with E-state index in [1.165, 1.54) is 0 Å². The molecule has 0 aliphatic carbocycles. The number of hydrogen-bond donors (Lipinski definition) is 0. The summed E-state index contributed by atoms with van der Waals surface area (Å²) in [6.45, 7) is 4.08. The first-order valence-corrected chi connectivity index (χ1v) is 5.44. The molecule has 0 spiro atoms. The lowest BCUT2D eigenvalue weighted by atomic mass is 9.92. The maximum absolute atomic E-state index is 11.4. The lowest BCUT2D eigenvalue weighted by Gasteiger charge is -2.11. The maximum atomic E-state index is 11.4. The van der Waals surface area contributed by atoms with Gasteiger partial charge in [-0.05, 0) is 18.8 Å². The second-order valence-electron chi connectivity index (χ2n) is 4.28. The van der Waals surface area contributed by atoms with Crippen molar-refractivity contribution in [2.24, 2.45) is 11.8 Å². The fourth-order valence-corrected chi connectivity index (χ4v) is 1.55. The summed E-state index contributed by atoms with van der Waals surface area (Å²) in [4.78, 5) is 22.1. The molecule has 3 nitrogen and oxygen atoms in total. The number of aldehydes is 1. The predicted molar refractivity (Wildman–Crippen MR) is 58.1 cm³/mol. The molecule has 0 saturated carbocycles. The van der Waals surface area contributed by atoms with Gasteiger partial charge in [-0.3, -0.25) is 4.79 Å². The summed E-state index contributed by atoms with van der Waals surface area (Å²) in [6.07, 6.45) is 3.45. The summed E-state index contributed by atoms with van der Waals surface area (Å²) in [5.74, 6) is 0.398. The number of unbranched alkanes of at least 4 members (excludes halogenated alkanes) is 1. The zero-order valence-electron chi connectivity index (χ0n) is 9.53. The Morgan fingerprint density at radius 3 is 2.60 bits per heavy atom. The third kappa shape index (κ3) is 7.87. The van der Waals surface area contributed by atoms with Crippen molar-refractivity contribution in [3.63, 3.8) is 0 Å². The van der Waals surface area contributed by atoms with E-state index in [1.54, 1.807) is 0 Å². The smallest absolute Gasteiger partial charge is 0.133 e. The molecule has 0 radical (unpaired) electrons. The van der Waals surface area contributed by atoms with Crippen LogP contribution in [-0.4, -0.2) is 12.1 Å². The quantitative estimate of drug-likeness (QED) is 0.456. The number of nitrogens with zero attached hydrogens (tertiary/aromatic N) is 1. The van der Waals surface area contributed by atoms with E-state index in [4.69, 9.17) is 5.26 Å². The van der Waals surface area contributed by atoms with Crippen LogP contribution in [0.1, 0.15) is 46.0 Å². The van der Waals surface area contributed by atoms with Crippen LogP contribution in [0, 0.1) is 23.2 Å². The highest BCUT2D eigenvalue weighted by Gasteiger charge is 2.14. The first-order valence-electron chi connectivity index (χ1n) is 5.44. The third-order valence-corrected chi connectivity index (χ3v) is 2.20. The van der Waals surface area contributed by atoms with Gasteiger partial charge in [-0.15, -0.1) is 0 Å². The molecule has 84 valence electrons. The highest BCUT2D eigenvalue weighted by Crippen LogP contribution is 2.15. The van der Waals surface area contributed by atoms with E-state index in [-0.39, 0.29) is 11.7 Å². The lowest BCUT2D eigenvalue weighted by molar-refractivity contribution is -0.123. The standard InChI is InChI=1S/C12H19NO2/c1-10(2)7-11(9-14)8-12(15)5-3-4-6-13/h9-11H,3-5,7-8H2,1-2H3. The zero-order valence-corrected chi connectivity index (χ0v) is 9.53. The fourth-order valence-electron chi connectivity index (χ4n) is 1.55. The van der Waals surface area contributed by atoms with E-state index in [1.807, 2.05) is 19.9 Å². The van der Waals surface area contributed by atoms with Crippen LogP contribution in [0.4, 0.5) is 0 Å². The molecule has 0 N–H and O–H groups in total. The topological polar surface area (TPSA) is 57.9 Å². The minimum absolute atomic E-state index is 0.100. The molecule has 3 heteroatoms. The summed E-state index contributed by atoms with van der Waals surface area (Å²) in [5.41, 5.74) is 0. The Balaban J connectivity index is 3.81. The van der Waals surface area contributed by atoms with Gasteiger partial charge < -0.3 is 4.79 Å². The normalized spacial score (nSPS) is 12.1. The van der Waals surface area contributed by atoms with Crippen LogP contribution in [-0.2, 0) is 9.59 Å². The minimum Gasteiger partial charge on any atom is -0.303 e. The number of rotatable bonds is 8. The highest BCUT2D eigenvalue weighted by molar-refractivity contribution is 5.81. The van der Waals surface area contributed by atoms with Crippen LogP contribution in [0.25, 0.3) is 0 Å². The molecule has 1 unspecified atom stereocenters. The van der Waals surface area contributed by atoms with Crippen molar-refractivity contribution in [3.8, 4) is 6.07 Å². The molecular weight excluding hydrogens is 190 g/mol. The first kappa shape index (κ1) is 13.8. The van der Waals surface area contributed by atoms with Crippen LogP contribution < -0.4 is 0 Å². The molecule has 0 aliphatic rings. The SMILES string of the molecule is CC(C)CC(C=O)CC(=O)CCCC#N. The van der Waals surface area contributed by atoms with Crippen LogP contribution in [0.2, 0.25) is 0 Å².